The first kappa shape index (κ1) is 7.32. The summed E-state index contributed by atoms with van der Waals surface area (Å²) in [4.78, 5) is 3.22. The number of nitrogens with one attached hydrogen (secondary N) is 1. The Hall–Kier alpha value is -0.790. The largest absolute Gasteiger partial charge is 0.254 e. The van der Waals surface area contributed by atoms with Crippen LogP contribution < -0.4 is 4.57 Å². The summed E-state index contributed by atoms with van der Waals surface area (Å²) in [5.41, 5.74) is 0. The van der Waals surface area contributed by atoms with Gasteiger partial charge < -0.3 is 0 Å². The Morgan fingerprint density at radius 3 is 2.90 bits per heavy atom. The highest BCUT2D eigenvalue weighted by Gasteiger charge is 2.05. The van der Waals surface area contributed by atoms with E-state index in [0.717, 1.165) is 13.0 Å². The first-order chi connectivity index (χ1) is 4.88. The molecular formula is C8H15N2+. The van der Waals surface area contributed by atoms with Crippen LogP contribution in [0, 0.1) is 0 Å². The van der Waals surface area contributed by atoms with Gasteiger partial charge in [-0.2, -0.15) is 0 Å². The minimum atomic E-state index is 1.07. The van der Waals surface area contributed by atoms with Gasteiger partial charge in [0.2, 0.25) is 0 Å². The lowest BCUT2D eigenvalue weighted by atomic mass is 10.3. The van der Waals surface area contributed by atoms with Crippen molar-refractivity contribution in [1.29, 1.82) is 0 Å². The summed E-state index contributed by atoms with van der Waals surface area (Å²) < 4.78 is 2.24. The lowest BCUT2D eigenvalue weighted by molar-refractivity contribution is -0.699. The van der Waals surface area contributed by atoms with Gasteiger partial charge in [0.15, 0.2) is 0 Å². The molecule has 0 saturated heterocycles. The van der Waals surface area contributed by atoms with Gasteiger partial charge in [0.1, 0.15) is 12.4 Å². The summed E-state index contributed by atoms with van der Waals surface area (Å²) in [6.07, 6.45) is 6.45. The van der Waals surface area contributed by atoms with Crippen molar-refractivity contribution >= 4 is 0 Å². The third-order valence-corrected chi connectivity index (χ3v) is 1.68. The summed E-state index contributed by atoms with van der Waals surface area (Å²) in [5, 5.41) is 0. The fourth-order valence-corrected chi connectivity index (χ4v) is 1.15. The van der Waals surface area contributed by atoms with Crippen LogP contribution in [-0.2, 0) is 13.0 Å². The molecule has 0 unspecified atom stereocenters. The van der Waals surface area contributed by atoms with E-state index in [1.165, 1.54) is 12.2 Å². The zero-order valence-electron chi connectivity index (χ0n) is 6.72. The smallest absolute Gasteiger partial charge is 0.248 e. The molecule has 0 aliphatic heterocycles. The highest BCUT2D eigenvalue weighted by Crippen LogP contribution is 1.91. The van der Waals surface area contributed by atoms with E-state index in [1.54, 1.807) is 0 Å². The monoisotopic (exact) mass is 139 g/mol. The molecule has 1 rings (SSSR count). The van der Waals surface area contributed by atoms with Crippen molar-refractivity contribution in [2.45, 2.75) is 33.2 Å². The molecule has 1 aromatic heterocycles. The third kappa shape index (κ3) is 1.38. The molecule has 0 amide bonds. The molecule has 0 bridgehead atoms. The zero-order valence-corrected chi connectivity index (χ0v) is 6.72. The van der Waals surface area contributed by atoms with Crippen LogP contribution in [0.5, 0.6) is 0 Å². The van der Waals surface area contributed by atoms with E-state index in [9.17, 15) is 0 Å². The van der Waals surface area contributed by atoms with Crippen molar-refractivity contribution in [2.75, 3.05) is 0 Å². The Kier molecular flexibility index (Phi) is 2.49. The van der Waals surface area contributed by atoms with Crippen molar-refractivity contribution in [1.82, 2.24) is 4.98 Å². The van der Waals surface area contributed by atoms with Crippen LogP contribution in [0.25, 0.3) is 0 Å². The molecule has 0 aliphatic rings. The number of rotatable bonds is 3. The Morgan fingerprint density at radius 1 is 1.50 bits per heavy atom. The predicted octanol–water partition coefficient (Wildman–Crippen LogP) is 1.27. The molecular weight excluding hydrogens is 124 g/mol. The lowest BCUT2D eigenvalue weighted by Crippen LogP contribution is -2.34. The second-order valence-electron chi connectivity index (χ2n) is 2.44. The molecule has 0 spiro atoms. The third-order valence-electron chi connectivity index (χ3n) is 1.68. The van der Waals surface area contributed by atoms with Gasteiger partial charge in [0, 0.05) is 6.42 Å². The molecule has 0 saturated carbocycles. The van der Waals surface area contributed by atoms with Crippen LogP contribution in [0.2, 0.25) is 0 Å². The van der Waals surface area contributed by atoms with Gasteiger partial charge in [-0.05, 0) is 13.3 Å². The minimum absolute atomic E-state index is 1.07. The van der Waals surface area contributed by atoms with Gasteiger partial charge >= 0.3 is 0 Å². The van der Waals surface area contributed by atoms with Crippen molar-refractivity contribution in [3.63, 3.8) is 0 Å². The maximum Gasteiger partial charge on any atom is 0.254 e. The molecule has 1 N–H and O–H groups in total. The topological polar surface area (TPSA) is 19.7 Å². The van der Waals surface area contributed by atoms with Gasteiger partial charge in [-0.25, -0.2) is 9.55 Å². The van der Waals surface area contributed by atoms with Crippen molar-refractivity contribution in [2.24, 2.45) is 0 Å². The zero-order chi connectivity index (χ0) is 7.40. The van der Waals surface area contributed by atoms with Gasteiger partial charge in [0.25, 0.3) is 5.82 Å². The Labute approximate surface area is 61.9 Å². The fourth-order valence-electron chi connectivity index (χ4n) is 1.15. The summed E-state index contributed by atoms with van der Waals surface area (Å²) in [6, 6.07) is 0. The number of hydrogen-bond donors (Lipinski definition) is 1. The molecule has 0 radical (unpaired) electrons. The lowest BCUT2D eigenvalue weighted by Gasteiger charge is -1.92. The number of aromatic nitrogens is 2. The molecule has 1 aromatic rings. The molecule has 0 atom stereocenters. The standard InChI is InChI=1S/C8H14N2/c1-3-5-8-9-6-7-10(8)4-2/h6-7H,3-5H2,1-2H3/p+1. The maximum atomic E-state index is 3.22. The van der Waals surface area contributed by atoms with E-state index in [4.69, 9.17) is 0 Å². The quantitative estimate of drug-likeness (QED) is 0.608. The number of imidazole rings is 1. The van der Waals surface area contributed by atoms with E-state index in [2.05, 4.69) is 29.6 Å². The van der Waals surface area contributed by atoms with Crippen LogP contribution in [0.4, 0.5) is 0 Å². The first-order valence-electron chi connectivity index (χ1n) is 3.94. The van der Waals surface area contributed by atoms with E-state index < -0.39 is 0 Å². The molecule has 10 heavy (non-hydrogen) atoms. The van der Waals surface area contributed by atoms with E-state index in [1.807, 2.05) is 6.20 Å². The maximum absolute atomic E-state index is 3.22. The van der Waals surface area contributed by atoms with Crippen LogP contribution >= 0.6 is 0 Å². The number of aryl methyl sites for hydroxylation is 2. The number of aromatic amines is 1. The number of nitrogens with zero attached hydrogens (tertiary/aromatic N) is 1. The second-order valence-corrected chi connectivity index (χ2v) is 2.44. The molecule has 2 nitrogen and oxygen atoms in total. The van der Waals surface area contributed by atoms with E-state index in [0.29, 0.717) is 0 Å². The van der Waals surface area contributed by atoms with Gasteiger partial charge in [-0.1, -0.05) is 6.92 Å². The number of H-pyrrole nitrogens is 1. The predicted molar refractivity (Wildman–Crippen MR) is 40.7 cm³/mol. The van der Waals surface area contributed by atoms with E-state index >= 15 is 0 Å². The van der Waals surface area contributed by atoms with Crippen molar-refractivity contribution in [3.8, 4) is 0 Å². The number of hydrogen-bond acceptors (Lipinski definition) is 0. The van der Waals surface area contributed by atoms with Crippen LogP contribution in [0.3, 0.4) is 0 Å². The highest BCUT2D eigenvalue weighted by molar-refractivity contribution is 4.76. The molecule has 2 heteroatoms. The Bertz CT molecular complexity index is 191. The second kappa shape index (κ2) is 3.40. The normalized spacial score (nSPS) is 10.2. The first-order valence-corrected chi connectivity index (χ1v) is 3.94. The van der Waals surface area contributed by atoms with Gasteiger partial charge in [-0.15, -0.1) is 0 Å². The average molecular weight is 139 g/mol. The summed E-state index contributed by atoms with van der Waals surface area (Å²) >= 11 is 0. The molecule has 0 aromatic carbocycles. The molecule has 1 heterocycles. The summed E-state index contributed by atoms with van der Waals surface area (Å²) in [5.74, 6) is 1.34. The SMILES string of the molecule is CCCc1[nH]cc[n+]1CC. The van der Waals surface area contributed by atoms with Crippen LogP contribution in [0.15, 0.2) is 12.4 Å². The van der Waals surface area contributed by atoms with Crippen molar-refractivity contribution in [3.05, 3.63) is 18.2 Å². The average Bonchev–Trinajstić information content (AvgIpc) is 2.36. The summed E-state index contributed by atoms with van der Waals surface area (Å²) in [6.45, 7) is 5.42. The summed E-state index contributed by atoms with van der Waals surface area (Å²) in [7, 11) is 0. The molecule has 0 fully saturated rings. The van der Waals surface area contributed by atoms with Crippen LogP contribution in [0.1, 0.15) is 26.1 Å². The molecule has 0 aliphatic carbocycles. The highest BCUT2D eigenvalue weighted by atomic mass is 15.0. The van der Waals surface area contributed by atoms with Crippen LogP contribution in [-0.4, -0.2) is 4.98 Å². The minimum Gasteiger partial charge on any atom is -0.248 e. The van der Waals surface area contributed by atoms with Gasteiger partial charge in [-0.3, -0.25) is 0 Å². The van der Waals surface area contributed by atoms with Crippen molar-refractivity contribution < 1.29 is 4.57 Å². The Balaban J connectivity index is 2.70. The fraction of sp³-hybridized carbons (Fsp3) is 0.625. The Morgan fingerprint density at radius 2 is 2.30 bits per heavy atom. The van der Waals surface area contributed by atoms with Gasteiger partial charge in [0.05, 0.1) is 6.54 Å². The van der Waals surface area contributed by atoms with E-state index in [-0.39, 0.29) is 0 Å². The molecule has 56 valence electrons.